The second-order valence-electron chi connectivity index (χ2n) is 4.58. The van der Waals surface area contributed by atoms with Crippen LogP contribution in [0.25, 0.3) is 0 Å². The van der Waals surface area contributed by atoms with Gasteiger partial charge >= 0.3 is 0 Å². The van der Waals surface area contributed by atoms with Gasteiger partial charge in [-0.2, -0.15) is 0 Å². The molecule has 4 nitrogen and oxygen atoms in total. The van der Waals surface area contributed by atoms with Crippen molar-refractivity contribution in [2.75, 3.05) is 13.2 Å². The Morgan fingerprint density at radius 3 is 3.06 bits per heavy atom. The third-order valence-corrected chi connectivity index (χ3v) is 3.40. The average molecular weight is 248 g/mol. The third kappa shape index (κ3) is 2.64. The normalized spacial score (nSPS) is 19.6. The van der Waals surface area contributed by atoms with Crippen molar-refractivity contribution >= 4 is 5.91 Å². The molecule has 1 aromatic rings. The Hall–Kier alpha value is -1.55. The minimum atomic E-state index is -0.115. The molecule has 0 radical (unpaired) electrons. The fourth-order valence-corrected chi connectivity index (χ4v) is 2.24. The molecule has 1 aliphatic heterocycles. The number of amides is 1. The van der Waals surface area contributed by atoms with Crippen LogP contribution in [0.2, 0.25) is 0 Å². The molecule has 0 fully saturated rings. The highest BCUT2D eigenvalue weighted by Gasteiger charge is 2.28. The number of fused-ring (bicyclic) bond motifs is 1. The first-order valence-corrected chi connectivity index (χ1v) is 6.48. The molecule has 2 atom stereocenters. The second kappa shape index (κ2) is 5.87. The summed E-state index contributed by atoms with van der Waals surface area (Å²) in [6.45, 7) is 3.09. The molecule has 1 aromatic carbocycles. The standard InChI is InChI=1S/C14H20N2O2/c1-2-10(9-15)16-14(17)12-7-8-18-13-6-4-3-5-11(12)13/h3-6,10,12H,2,7-9,15H2,1H3,(H,16,17). The number of para-hydroxylation sites is 1. The van der Waals surface area contributed by atoms with E-state index in [9.17, 15) is 4.79 Å². The van der Waals surface area contributed by atoms with Crippen LogP contribution in [0, 0.1) is 0 Å². The van der Waals surface area contributed by atoms with Crippen LogP contribution in [0.1, 0.15) is 31.2 Å². The third-order valence-electron chi connectivity index (χ3n) is 3.40. The van der Waals surface area contributed by atoms with Crippen molar-refractivity contribution in [1.29, 1.82) is 0 Å². The molecule has 4 heteroatoms. The van der Waals surface area contributed by atoms with Crippen LogP contribution in [-0.4, -0.2) is 25.1 Å². The zero-order chi connectivity index (χ0) is 13.0. The quantitative estimate of drug-likeness (QED) is 0.846. The van der Waals surface area contributed by atoms with Crippen LogP contribution in [0.3, 0.4) is 0 Å². The SMILES string of the molecule is CCC(CN)NC(=O)C1CCOc2ccccc21. The summed E-state index contributed by atoms with van der Waals surface area (Å²) in [6, 6.07) is 7.80. The fraction of sp³-hybridized carbons (Fsp3) is 0.500. The summed E-state index contributed by atoms with van der Waals surface area (Å²) in [5.41, 5.74) is 6.60. The zero-order valence-corrected chi connectivity index (χ0v) is 10.7. The van der Waals surface area contributed by atoms with E-state index in [1.165, 1.54) is 0 Å². The maximum absolute atomic E-state index is 12.3. The molecule has 18 heavy (non-hydrogen) atoms. The molecule has 0 saturated heterocycles. The molecule has 0 aromatic heterocycles. The Morgan fingerprint density at radius 1 is 1.56 bits per heavy atom. The topological polar surface area (TPSA) is 64.3 Å². The minimum absolute atomic E-state index is 0.0584. The molecule has 0 saturated carbocycles. The number of nitrogens with one attached hydrogen (secondary N) is 1. The minimum Gasteiger partial charge on any atom is -0.493 e. The van der Waals surface area contributed by atoms with Gasteiger partial charge in [-0.3, -0.25) is 4.79 Å². The van der Waals surface area contributed by atoms with Gasteiger partial charge in [0, 0.05) is 18.2 Å². The van der Waals surface area contributed by atoms with Crippen molar-refractivity contribution in [3.05, 3.63) is 29.8 Å². The highest BCUT2D eigenvalue weighted by molar-refractivity contribution is 5.85. The Labute approximate surface area is 108 Å². The summed E-state index contributed by atoms with van der Waals surface area (Å²) in [5.74, 6) is 0.767. The largest absolute Gasteiger partial charge is 0.493 e. The molecule has 2 unspecified atom stereocenters. The number of carbonyl (C=O) groups is 1. The van der Waals surface area contributed by atoms with Crippen LogP contribution >= 0.6 is 0 Å². The predicted molar refractivity (Wildman–Crippen MR) is 70.6 cm³/mol. The molecule has 2 rings (SSSR count). The monoisotopic (exact) mass is 248 g/mol. The molecular formula is C14H20N2O2. The van der Waals surface area contributed by atoms with Crippen LogP contribution < -0.4 is 15.8 Å². The van der Waals surface area contributed by atoms with E-state index in [2.05, 4.69) is 5.32 Å². The number of nitrogens with two attached hydrogens (primary N) is 1. The Kier molecular flexibility index (Phi) is 4.20. The summed E-state index contributed by atoms with van der Waals surface area (Å²) in [6.07, 6.45) is 1.58. The van der Waals surface area contributed by atoms with Crippen LogP contribution in [0.5, 0.6) is 5.75 Å². The highest BCUT2D eigenvalue weighted by Crippen LogP contribution is 2.33. The van der Waals surface area contributed by atoms with Crippen molar-refractivity contribution in [1.82, 2.24) is 5.32 Å². The van der Waals surface area contributed by atoms with Gasteiger partial charge in [-0.05, 0) is 18.9 Å². The van der Waals surface area contributed by atoms with Gasteiger partial charge in [-0.1, -0.05) is 25.1 Å². The lowest BCUT2D eigenvalue weighted by Crippen LogP contribution is -2.42. The van der Waals surface area contributed by atoms with E-state index in [0.717, 1.165) is 24.2 Å². The average Bonchev–Trinajstić information content (AvgIpc) is 2.43. The van der Waals surface area contributed by atoms with E-state index in [1.54, 1.807) is 0 Å². The number of ether oxygens (including phenoxy) is 1. The van der Waals surface area contributed by atoms with E-state index < -0.39 is 0 Å². The first kappa shape index (κ1) is 12.9. The summed E-state index contributed by atoms with van der Waals surface area (Å²) >= 11 is 0. The van der Waals surface area contributed by atoms with Crippen molar-refractivity contribution in [2.45, 2.75) is 31.7 Å². The molecule has 1 heterocycles. The lowest BCUT2D eigenvalue weighted by Gasteiger charge is -2.26. The van der Waals surface area contributed by atoms with Crippen molar-refractivity contribution in [3.8, 4) is 5.75 Å². The number of rotatable bonds is 4. The molecule has 1 amide bonds. The number of hydrogen-bond donors (Lipinski definition) is 2. The summed E-state index contributed by atoms with van der Waals surface area (Å²) in [4.78, 5) is 12.3. The van der Waals surface area contributed by atoms with Gasteiger partial charge < -0.3 is 15.8 Å². The summed E-state index contributed by atoms with van der Waals surface area (Å²) < 4.78 is 5.56. The summed E-state index contributed by atoms with van der Waals surface area (Å²) in [5, 5.41) is 3.01. The number of benzene rings is 1. The second-order valence-corrected chi connectivity index (χ2v) is 4.58. The number of carbonyl (C=O) groups excluding carboxylic acids is 1. The van der Waals surface area contributed by atoms with E-state index in [1.807, 2.05) is 31.2 Å². The lowest BCUT2D eigenvalue weighted by atomic mass is 9.92. The van der Waals surface area contributed by atoms with Gasteiger partial charge in [0.2, 0.25) is 5.91 Å². The molecular weight excluding hydrogens is 228 g/mol. The predicted octanol–water partition coefficient (Wildman–Crippen LogP) is 1.41. The zero-order valence-electron chi connectivity index (χ0n) is 10.7. The molecule has 98 valence electrons. The number of hydrogen-bond acceptors (Lipinski definition) is 3. The first-order chi connectivity index (χ1) is 8.76. The molecule has 0 aliphatic carbocycles. The van der Waals surface area contributed by atoms with Crippen molar-refractivity contribution < 1.29 is 9.53 Å². The van der Waals surface area contributed by atoms with Gasteiger partial charge in [0.15, 0.2) is 0 Å². The van der Waals surface area contributed by atoms with Crippen molar-refractivity contribution in [2.24, 2.45) is 5.73 Å². The van der Waals surface area contributed by atoms with Gasteiger partial charge in [0.25, 0.3) is 0 Å². The van der Waals surface area contributed by atoms with Crippen LogP contribution in [-0.2, 0) is 4.79 Å². The van der Waals surface area contributed by atoms with E-state index >= 15 is 0 Å². The Bertz CT molecular complexity index is 416. The van der Waals surface area contributed by atoms with Gasteiger partial charge in [-0.15, -0.1) is 0 Å². The van der Waals surface area contributed by atoms with Crippen LogP contribution in [0.4, 0.5) is 0 Å². The van der Waals surface area contributed by atoms with Gasteiger partial charge in [0.05, 0.1) is 12.5 Å². The highest BCUT2D eigenvalue weighted by atomic mass is 16.5. The van der Waals surface area contributed by atoms with Crippen molar-refractivity contribution in [3.63, 3.8) is 0 Å². The maximum Gasteiger partial charge on any atom is 0.228 e. The first-order valence-electron chi connectivity index (χ1n) is 6.48. The van der Waals surface area contributed by atoms with Gasteiger partial charge in [0.1, 0.15) is 5.75 Å². The Balaban J connectivity index is 2.12. The van der Waals surface area contributed by atoms with Crippen LogP contribution in [0.15, 0.2) is 24.3 Å². The lowest BCUT2D eigenvalue weighted by molar-refractivity contribution is -0.123. The smallest absolute Gasteiger partial charge is 0.228 e. The maximum atomic E-state index is 12.3. The Morgan fingerprint density at radius 2 is 2.33 bits per heavy atom. The molecule has 0 bridgehead atoms. The van der Waals surface area contributed by atoms with E-state index in [4.69, 9.17) is 10.5 Å². The van der Waals surface area contributed by atoms with E-state index in [-0.39, 0.29) is 17.9 Å². The molecule has 1 aliphatic rings. The van der Waals surface area contributed by atoms with Gasteiger partial charge in [-0.25, -0.2) is 0 Å². The summed E-state index contributed by atoms with van der Waals surface area (Å²) in [7, 11) is 0. The fourth-order valence-electron chi connectivity index (χ4n) is 2.24. The molecule has 0 spiro atoms. The van der Waals surface area contributed by atoms with E-state index in [0.29, 0.717) is 13.2 Å². The molecule has 3 N–H and O–H groups in total.